The molecule has 5 nitrogen and oxygen atoms in total. The van der Waals surface area contributed by atoms with Crippen LogP contribution >= 0.6 is 0 Å². The van der Waals surface area contributed by atoms with Crippen molar-refractivity contribution in [3.05, 3.63) is 12.2 Å². The summed E-state index contributed by atoms with van der Waals surface area (Å²) in [5.74, 6) is -2.87. The Kier molecular flexibility index (Phi) is 5.18. The highest BCUT2D eigenvalue weighted by Crippen LogP contribution is 1.92. The van der Waals surface area contributed by atoms with Gasteiger partial charge >= 0.3 is 17.9 Å². The van der Waals surface area contributed by atoms with Crippen LogP contribution in [0.3, 0.4) is 0 Å². The van der Waals surface area contributed by atoms with E-state index in [0.29, 0.717) is 18.6 Å². The largest absolute Gasteiger partial charge is 0.478 e. The molecule has 0 rings (SSSR count). The summed E-state index contributed by atoms with van der Waals surface area (Å²) in [6.45, 7) is 1.76. The lowest BCUT2D eigenvalue weighted by atomic mass is 10.3. The van der Waals surface area contributed by atoms with Crippen molar-refractivity contribution in [2.75, 3.05) is 0 Å². The highest BCUT2D eigenvalue weighted by Gasteiger charge is 2.05. The van der Waals surface area contributed by atoms with Gasteiger partial charge in [0, 0.05) is 18.6 Å². The van der Waals surface area contributed by atoms with E-state index in [9.17, 15) is 14.4 Å². The first-order valence-electron chi connectivity index (χ1n) is 3.72. The number of carbonyl (C=O) groups is 3. The fourth-order valence-electron chi connectivity index (χ4n) is 0.541. The minimum absolute atomic E-state index is 0.145. The Bertz CT molecular complexity index is 241. The van der Waals surface area contributed by atoms with Gasteiger partial charge in [-0.15, -0.1) is 0 Å². The van der Waals surface area contributed by atoms with Crippen molar-refractivity contribution in [1.82, 2.24) is 0 Å². The van der Waals surface area contributed by atoms with Crippen LogP contribution in [0.1, 0.15) is 19.8 Å². The van der Waals surface area contributed by atoms with Crippen LogP contribution in [0.15, 0.2) is 12.2 Å². The van der Waals surface area contributed by atoms with Crippen molar-refractivity contribution in [2.24, 2.45) is 0 Å². The quantitative estimate of drug-likeness (QED) is 0.392. The van der Waals surface area contributed by atoms with Crippen LogP contribution in [0.5, 0.6) is 0 Å². The van der Waals surface area contributed by atoms with Crippen molar-refractivity contribution in [2.45, 2.75) is 19.8 Å². The Morgan fingerprint density at radius 3 is 2.38 bits per heavy atom. The average molecular weight is 186 g/mol. The highest BCUT2D eigenvalue weighted by molar-refractivity contribution is 5.95. The normalized spacial score (nSPS) is 9.92. The maximum Gasteiger partial charge on any atom is 0.338 e. The van der Waals surface area contributed by atoms with E-state index in [4.69, 9.17) is 5.11 Å². The van der Waals surface area contributed by atoms with Gasteiger partial charge in [-0.05, 0) is 6.42 Å². The molecule has 0 saturated heterocycles. The fraction of sp³-hybridized carbons (Fsp3) is 0.375. The Labute approximate surface area is 75.0 Å². The number of hydrogen-bond acceptors (Lipinski definition) is 4. The number of ether oxygens (including phenoxy) is 1. The lowest BCUT2D eigenvalue weighted by Gasteiger charge is -1.96. The molecular formula is C8H10O5. The second-order valence-electron chi connectivity index (χ2n) is 2.21. The van der Waals surface area contributed by atoms with Gasteiger partial charge in [0.25, 0.3) is 0 Å². The predicted octanol–water partition coefficient (Wildman–Crippen LogP) is 0.497. The smallest absolute Gasteiger partial charge is 0.338 e. The number of aliphatic carboxylic acids is 1. The van der Waals surface area contributed by atoms with E-state index in [-0.39, 0.29) is 6.42 Å². The van der Waals surface area contributed by atoms with E-state index in [2.05, 4.69) is 4.74 Å². The molecule has 0 bridgehead atoms. The van der Waals surface area contributed by atoms with Gasteiger partial charge in [0.2, 0.25) is 0 Å². The number of esters is 2. The Morgan fingerprint density at radius 1 is 1.31 bits per heavy atom. The zero-order valence-corrected chi connectivity index (χ0v) is 7.15. The van der Waals surface area contributed by atoms with Gasteiger partial charge in [0.1, 0.15) is 0 Å². The van der Waals surface area contributed by atoms with Crippen molar-refractivity contribution in [3.8, 4) is 0 Å². The first-order chi connectivity index (χ1) is 6.06. The summed E-state index contributed by atoms with van der Waals surface area (Å²) in [7, 11) is 0. The molecule has 13 heavy (non-hydrogen) atoms. The van der Waals surface area contributed by atoms with Gasteiger partial charge in [-0.1, -0.05) is 6.92 Å². The number of carboxylic acid groups (broad SMARTS) is 1. The molecule has 0 aromatic carbocycles. The Hall–Kier alpha value is -1.65. The molecule has 0 aromatic rings. The second kappa shape index (κ2) is 5.93. The molecule has 0 aliphatic heterocycles. The van der Waals surface area contributed by atoms with Gasteiger partial charge in [-0.25, -0.2) is 9.59 Å². The highest BCUT2D eigenvalue weighted by atomic mass is 16.6. The van der Waals surface area contributed by atoms with Crippen LogP contribution in [0.4, 0.5) is 0 Å². The Balaban J connectivity index is 3.87. The third-order valence-electron chi connectivity index (χ3n) is 1.03. The molecule has 1 N–H and O–H groups in total. The number of carboxylic acids is 1. The predicted molar refractivity (Wildman–Crippen MR) is 42.8 cm³/mol. The third kappa shape index (κ3) is 6.74. The van der Waals surface area contributed by atoms with Crippen molar-refractivity contribution < 1.29 is 24.2 Å². The third-order valence-corrected chi connectivity index (χ3v) is 1.03. The van der Waals surface area contributed by atoms with Crippen LogP contribution in [0, 0.1) is 0 Å². The molecule has 0 saturated carbocycles. The summed E-state index contributed by atoms with van der Waals surface area (Å²) >= 11 is 0. The molecule has 0 heterocycles. The molecule has 0 spiro atoms. The number of carbonyl (C=O) groups excluding carboxylic acids is 2. The summed E-state index contributed by atoms with van der Waals surface area (Å²) < 4.78 is 4.21. The standard InChI is InChI=1S/C8H10O5/c1-2-3-7(11)13-8(12)5-4-6(9)10/h4-5H,2-3H2,1H3,(H,9,10)/b5-4-. The maximum absolute atomic E-state index is 10.7. The summed E-state index contributed by atoms with van der Waals surface area (Å²) in [4.78, 5) is 31.2. The lowest BCUT2D eigenvalue weighted by Crippen LogP contribution is -2.09. The van der Waals surface area contributed by atoms with Crippen molar-refractivity contribution in [3.63, 3.8) is 0 Å². The summed E-state index contributed by atoms with van der Waals surface area (Å²) in [5.41, 5.74) is 0. The van der Waals surface area contributed by atoms with Gasteiger partial charge in [0.15, 0.2) is 0 Å². The van der Waals surface area contributed by atoms with Crippen LogP contribution in [0.2, 0.25) is 0 Å². The minimum atomic E-state index is -1.26. The van der Waals surface area contributed by atoms with E-state index in [1.165, 1.54) is 0 Å². The minimum Gasteiger partial charge on any atom is -0.478 e. The second-order valence-corrected chi connectivity index (χ2v) is 2.21. The van der Waals surface area contributed by atoms with Crippen molar-refractivity contribution >= 4 is 17.9 Å². The molecule has 0 amide bonds. The molecule has 5 heteroatoms. The SMILES string of the molecule is CCCC(=O)OC(=O)/C=C\C(=O)O. The van der Waals surface area contributed by atoms with E-state index in [1.54, 1.807) is 6.92 Å². The van der Waals surface area contributed by atoms with Crippen LogP contribution < -0.4 is 0 Å². The molecule has 0 fully saturated rings. The first kappa shape index (κ1) is 11.4. The molecule has 0 aliphatic carbocycles. The monoisotopic (exact) mass is 186 g/mol. The van der Waals surface area contributed by atoms with Crippen LogP contribution in [-0.2, 0) is 19.1 Å². The zero-order chi connectivity index (χ0) is 10.3. The van der Waals surface area contributed by atoms with E-state index < -0.39 is 17.9 Å². The van der Waals surface area contributed by atoms with E-state index in [0.717, 1.165) is 0 Å². The molecule has 0 unspecified atom stereocenters. The van der Waals surface area contributed by atoms with Crippen LogP contribution in [0.25, 0.3) is 0 Å². The number of hydrogen-bond donors (Lipinski definition) is 1. The summed E-state index contributed by atoms with van der Waals surface area (Å²) in [5, 5.41) is 8.12. The molecule has 0 aliphatic rings. The summed E-state index contributed by atoms with van der Waals surface area (Å²) in [6.07, 6.45) is 2.03. The fourth-order valence-corrected chi connectivity index (χ4v) is 0.541. The topological polar surface area (TPSA) is 80.7 Å². The zero-order valence-electron chi connectivity index (χ0n) is 7.15. The molecule has 0 atom stereocenters. The van der Waals surface area contributed by atoms with Crippen molar-refractivity contribution in [1.29, 1.82) is 0 Å². The van der Waals surface area contributed by atoms with E-state index >= 15 is 0 Å². The van der Waals surface area contributed by atoms with Crippen LogP contribution in [-0.4, -0.2) is 23.0 Å². The molecule has 0 radical (unpaired) electrons. The van der Waals surface area contributed by atoms with Gasteiger partial charge in [0.05, 0.1) is 0 Å². The average Bonchev–Trinajstić information content (AvgIpc) is 2.01. The maximum atomic E-state index is 10.7. The summed E-state index contributed by atoms with van der Waals surface area (Å²) in [6, 6.07) is 0. The molecule has 0 aromatic heterocycles. The Morgan fingerprint density at radius 2 is 1.92 bits per heavy atom. The van der Waals surface area contributed by atoms with Gasteiger partial charge in [-0.3, -0.25) is 4.79 Å². The van der Waals surface area contributed by atoms with Gasteiger partial charge < -0.3 is 9.84 Å². The van der Waals surface area contributed by atoms with Gasteiger partial charge in [-0.2, -0.15) is 0 Å². The molecule has 72 valence electrons. The lowest BCUT2D eigenvalue weighted by molar-refractivity contribution is -0.156. The first-order valence-corrected chi connectivity index (χ1v) is 3.72. The molecular weight excluding hydrogens is 176 g/mol. The van der Waals surface area contributed by atoms with E-state index in [1.807, 2.05) is 0 Å². The number of rotatable bonds is 4.